The lowest BCUT2D eigenvalue weighted by Gasteiger charge is -2.59. The molecule has 2 saturated carbocycles. The number of esters is 1. The van der Waals surface area contributed by atoms with Crippen molar-refractivity contribution in [3.63, 3.8) is 0 Å². The number of hydrogen-bond donors (Lipinski definition) is 2. The number of aliphatic hydroxyl groups excluding tert-OH is 1. The first-order valence-corrected chi connectivity index (χ1v) is 11.9. The third-order valence-corrected chi connectivity index (χ3v) is 8.61. The van der Waals surface area contributed by atoms with Gasteiger partial charge >= 0.3 is 12.1 Å². The van der Waals surface area contributed by atoms with Crippen LogP contribution >= 0.6 is 11.8 Å². The van der Waals surface area contributed by atoms with Crippen molar-refractivity contribution in [2.45, 2.75) is 63.1 Å². The fraction of sp³-hybridized carbons (Fsp3) is 0.652. The van der Waals surface area contributed by atoms with Crippen LogP contribution in [0.3, 0.4) is 0 Å². The zero-order chi connectivity index (χ0) is 21.5. The highest BCUT2D eigenvalue weighted by Gasteiger charge is 2.62. The first-order valence-electron chi connectivity index (χ1n) is 10.7. The van der Waals surface area contributed by atoms with Gasteiger partial charge in [0.1, 0.15) is 12.2 Å². The highest BCUT2D eigenvalue weighted by atomic mass is 32.2. The van der Waals surface area contributed by atoms with Crippen LogP contribution < -0.4 is 5.32 Å². The Morgan fingerprint density at radius 2 is 2.13 bits per heavy atom. The molecule has 2 N–H and O–H groups in total. The standard InChI is InChI=1S/C23H31NO5S/c1-22-10-9-19(29-21(27)24-14-5-4-6-15(11-14)30-3)23(2,13-25)18(22)8-7-17-16(22)12-20(26)28-17/h4-6,11,16-19,25H,7-10,12-13H2,1-3H3,(H,24,27)/t16-,17+,18+,19-,22+,23+/m1/s1. The average Bonchev–Trinajstić information content (AvgIpc) is 3.12. The Morgan fingerprint density at radius 3 is 2.87 bits per heavy atom. The number of benzene rings is 1. The molecule has 1 saturated heterocycles. The van der Waals surface area contributed by atoms with Crippen LogP contribution in [0, 0.1) is 22.7 Å². The fourth-order valence-electron chi connectivity index (χ4n) is 6.27. The molecule has 164 valence electrons. The van der Waals surface area contributed by atoms with E-state index in [1.807, 2.05) is 37.4 Å². The minimum Gasteiger partial charge on any atom is -0.462 e. The van der Waals surface area contributed by atoms with Crippen molar-refractivity contribution in [1.82, 2.24) is 0 Å². The molecule has 0 unspecified atom stereocenters. The van der Waals surface area contributed by atoms with Crippen LogP contribution in [-0.4, -0.2) is 42.2 Å². The Kier molecular flexibility index (Phi) is 5.79. The number of ether oxygens (including phenoxy) is 2. The van der Waals surface area contributed by atoms with Crippen LogP contribution in [0.25, 0.3) is 0 Å². The van der Waals surface area contributed by atoms with Crippen LogP contribution in [-0.2, 0) is 14.3 Å². The topological polar surface area (TPSA) is 84.9 Å². The SMILES string of the molecule is CSc1cccc(NC(=O)O[C@@H]2CC[C@]3(C)[C@H](CC[C@@H]4OC(=O)C[C@H]43)[C@]2(C)CO)c1. The van der Waals surface area contributed by atoms with Crippen molar-refractivity contribution < 1.29 is 24.2 Å². The predicted octanol–water partition coefficient (Wildman–Crippen LogP) is 4.47. The molecule has 0 aromatic heterocycles. The molecule has 0 spiro atoms. The summed E-state index contributed by atoms with van der Waals surface area (Å²) in [5.41, 5.74) is 0.0396. The monoisotopic (exact) mass is 433 g/mol. The molecule has 1 aliphatic heterocycles. The smallest absolute Gasteiger partial charge is 0.411 e. The van der Waals surface area contributed by atoms with Gasteiger partial charge in [-0.2, -0.15) is 0 Å². The van der Waals surface area contributed by atoms with Gasteiger partial charge in [-0.05, 0) is 61.5 Å². The van der Waals surface area contributed by atoms with Gasteiger partial charge in [-0.1, -0.05) is 19.9 Å². The number of amides is 1. The van der Waals surface area contributed by atoms with E-state index >= 15 is 0 Å². The Balaban J connectivity index is 1.50. The van der Waals surface area contributed by atoms with E-state index in [2.05, 4.69) is 12.2 Å². The molecule has 1 aromatic carbocycles. The van der Waals surface area contributed by atoms with E-state index in [9.17, 15) is 14.7 Å². The number of nitrogens with one attached hydrogen (secondary N) is 1. The molecule has 1 amide bonds. The summed E-state index contributed by atoms with van der Waals surface area (Å²) < 4.78 is 11.4. The molecule has 3 fully saturated rings. The summed E-state index contributed by atoms with van der Waals surface area (Å²) in [6, 6.07) is 7.63. The highest BCUT2D eigenvalue weighted by Crippen LogP contribution is 2.62. The van der Waals surface area contributed by atoms with Gasteiger partial charge in [0.05, 0.1) is 13.0 Å². The molecule has 4 rings (SSSR count). The number of carbonyl (C=O) groups is 2. The van der Waals surface area contributed by atoms with Crippen molar-refractivity contribution in [2.24, 2.45) is 22.7 Å². The lowest BCUT2D eigenvalue weighted by Crippen LogP contribution is -2.59. The number of fused-ring (bicyclic) bond motifs is 3. The molecule has 1 heterocycles. The van der Waals surface area contributed by atoms with Crippen LogP contribution in [0.4, 0.5) is 10.5 Å². The van der Waals surface area contributed by atoms with Crippen LogP contribution in [0.2, 0.25) is 0 Å². The molecule has 0 radical (unpaired) electrons. The molecule has 6 atom stereocenters. The van der Waals surface area contributed by atoms with Gasteiger partial charge in [0.25, 0.3) is 0 Å². The van der Waals surface area contributed by atoms with Gasteiger partial charge in [-0.25, -0.2) is 4.79 Å². The van der Waals surface area contributed by atoms with Crippen LogP contribution in [0.15, 0.2) is 29.2 Å². The normalized spacial score (nSPS) is 37.7. The maximum atomic E-state index is 12.7. The summed E-state index contributed by atoms with van der Waals surface area (Å²) >= 11 is 1.61. The minimum atomic E-state index is -0.554. The fourth-order valence-corrected chi connectivity index (χ4v) is 6.73. The summed E-state index contributed by atoms with van der Waals surface area (Å²) in [6.07, 6.45) is 4.76. The number of rotatable bonds is 4. The Labute approximate surface area is 182 Å². The van der Waals surface area contributed by atoms with Crippen molar-refractivity contribution in [2.75, 3.05) is 18.2 Å². The van der Waals surface area contributed by atoms with E-state index in [4.69, 9.17) is 9.47 Å². The average molecular weight is 434 g/mol. The van der Waals surface area contributed by atoms with Gasteiger partial charge in [0.2, 0.25) is 0 Å². The van der Waals surface area contributed by atoms with E-state index in [1.165, 1.54) is 0 Å². The van der Waals surface area contributed by atoms with Gasteiger partial charge in [0.15, 0.2) is 0 Å². The van der Waals surface area contributed by atoms with Crippen LogP contribution in [0.5, 0.6) is 0 Å². The largest absolute Gasteiger partial charge is 0.462 e. The van der Waals surface area contributed by atoms with Gasteiger partial charge in [0, 0.05) is 21.9 Å². The number of carbonyl (C=O) groups excluding carboxylic acids is 2. The Hall–Kier alpha value is -1.73. The van der Waals surface area contributed by atoms with Gasteiger partial charge in [-0.15, -0.1) is 11.8 Å². The zero-order valence-corrected chi connectivity index (χ0v) is 18.7. The highest BCUT2D eigenvalue weighted by molar-refractivity contribution is 7.98. The van der Waals surface area contributed by atoms with E-state index in [0.29, 0.717) is 18.5 Å². The van der Waals surface area contributed by atoms with E-state index in [-0.39, 0.29) is 42.0 Å². The first-order chi connectivity index (χ1) is 14.3. The number of hydrogen-bond acceptors (Lipinski definition) is 6. The molecular weight excluding hydrogens is 402 g/mol. The van der Waals surface area contributed by atoms with Gasteiger partial charge < -0.3 is 14.6 Å². The lowest BCUT2D eigenvalue weighted by molar-refractivity contribution is -0.174. The Morgan fingerprint density at radius 1 is 1.33 bits per heavy atom. The van der Waals surface area contributed by atoms with E-state index in [1.54, 1.807) is 11.8 Å². The quantitative estimate of drug-likeness (QED) is 0.538. The summed E-state index contributed by atoms with van der Waals surface area (Å²) in [7, 11) is 0. The molecule has 1 aromatic rings. The van der Waals surface area contributed by atoms with Crippen LogP contribution in [0.1, 0.15) is 46.0 Å². The summed E-state index contributed by atoms with van der Waals surface area (Å²) in [4.78, 5) is 25.7. The predicted molar refractivity (Wildman–Crippen MR) is 115 cm³/mol. The molecule has 30 heavy (non-hydrogen) atoms. The third-order valence-electron chi connectivity index (χ3n) is 7.88. The maximum Gasteiger partial charge on any atom is 0.411 e. The van der Waals surface area contributed by atoms with E-state index < -0.39 is 11.5 Å². The molecule has 2 aliphatic carbocycles. The van der Waals surface area contributed by atoms with Crippen molar-refractivity contribution in [3.05, 3.63) is 24.3 Å². The van der Waals surface area contributed by atoms with Crippen molar-refractivity contribution in [1.29, 1.82) is 0 Å². The number of thioether (sulfide) groups is 1. The minimum absolute atomic E-state index is 0.00817. The second-order valence-electron chi connectivity index (χ2n) is 9.43. The maximum absolute atomic E-state index is 12.7. The van der Waals surface area contributed by atoms with Crippen molar-refractivity contribution in [3.8, 4) is 0 Å². The summed E-state index contributed by atoms with van der Waals surface area (Å²) in [6.45, 7) is 4.20. The number of anilines is 1. The zero-order valence-electron chi connectivity index (χ0n) is 17.8. The summed E-state index contributed by atoms with van der Waals surface area (Å²) in [5, 5.41) is 13.3. The summed E-state index contributed by atoms with van der Waals surface area (Å²) in [5.74, 6) is 0.235. The second kappa shape index (κ2) is 8.08. The lowest BCUT2D eigenvalue weighted by atomic mass is 9.46. The molecule has 3 aliphatic rings. The Bertz CT molecular complexity index is 832. The third kappa shape index (κ3) is 3.60. The second-order valence-corrected chi connectivity index (χ2v) is 10.3. The molecule has 6 nitrogen and oxygen atoms in total. The van der Waals surface area contributed by atoms with Crippen molar-refractivity contribution >= 4 is 29.5 Å². The number of aliphatic hydroxyl groups is 1. The van der Waals surface area contributed by atoms with Gasteiger partial charge in [-0.3, -0.25) is 10.1 Å². The first kappa shape index (κ1) is 21.5. The molecule has 0 bridgehead atoms. The van der Waals surface area contributed by atoms with E-state index in [0.717, 1.165) is 24.2 Å². The molecular formula is C23H31NO5S. The molecule has 7 heteroatoms.